The van der Waals surface area contributed by atoms with Crippen molar-refractivity contribution >= 4 is 11.6 Å². The Morgan fingerprint density at radius 1 is 1.17 bits per heavy atom. The van der Waals surface area contributed by atoms with Gasteiger partial charge in [-0.25, -0.2) is 0 Å². The molecule has 0 spiro atoms. The topological polar surface area (TPSA) is 44.4 Å². The second kappa shape index (κ2) is 7.40. The first-order chi connectivity index (χ1) is 11.2. The Hall–Kier alpha value is -2.17. The van der Waals surface area contributed by atoms with Crippen LogP contribution >= 0.6 is 0 Å². The van der Waals surface area contributed by atoms with E-state index in [2.05, 4.69) is 34.6 Å². The summed E-state index contributed by atoms with van der Waals surface area (Å²) in [5.74, 6) is -0.0710. The molecule has 0 saturated carbocycles. The Kier molecular flexibility index (Phi) is 5.05. The highest BCUT2D eigenvalue weighted by molar-refractivity contribution is 6.04. The Bertz CT molecular complexity index is 639. The average Bonchev–Trinajstić information content (AvgIpc) is 2.58. The molecule has 4 heteroatoms. The zero-order chi connectivity index (χ0) is 16.1. The number of nitrogens with zero attached hydrogens (tertiary/aromatic N) is 1. The van der Waals surface area contributed by atoms with Gasteiger partial charge in [0.1, 0.15) is 0 Å². The Morgan fingerprint density at radius 3 is 2.61 bits per heavy atom. The molecule has 2 aromatic rings. The fourth-order valence-corrected chi connectivity index (χ4v) is 2.84. The first kappa shape index (κ1) is 15.7. The molecule has 0 radical (unpaired) electrons. The van der Waals surface area contributed by atoms with Crippen molar-refractivity contribution in [1.82, 2.24) is 10.2 Å². The van der Waals surface area contributed by atoms with E-state index < -0.39 is 0 Å². The van der Waals surface area contributed by atoms with E-state index in [-0.39, 0.29) is 5.91 Å². The SMILES string of the molecule is C[C@H]1CNCCN1Cc1ccc(C(=O)Nc2ccccc2)cc1. The summed E-state index contributed by atoms with van der Waals surface area (Å²) < 4.78 is 0. The van der Waals surface area contributed by atoms with Gasteiger partial charge in [-0.2, -0.15) is 0 Å². The molecule has 0 bridgehead atoms. The van der Waals surface area contributed by atoms with Gasteiger partial charge >= 0.3 is 0 Å². The van der Waals surface area contributed by atoms with Crippen LogP contribution in [0.25, 0.3) is 0 Å². The highest BCUT2D eigenvalue weighted by Crippen LogP contribution is 2.13. The molecular weight excluding hydrogens is 286 g/mol. The number of nitrogens with one attached hydrogen (secondary N) is 2. The monoisotopic (exact) mass is 309 g/mol. The maximum atomic E-state index is 12.2. The highest BCUT2D eigenvalue weighted by Gasteiger charge is 2.17. The van der Waals surface area contributed by atoms with Gasteiger partial charge < -0.3 is 10.6 Å². The molecule has 1 heterocycles. The highest BCUT2D eigenvalue weighted by atomic mass is 16.1. The zero-order valence-corrected chi connectivity index (χ0v) is 13.5. The number of rotatable bonds is 4. The lowest BCUT2D eigenvalue weighted by Gasteiger charge is -2.33. The van der Waals surface area contributed by atoms with Crippen LogP contribution in [-0.2, 0) is 6.54 Å². The zero-order valence-electron chi connectivity index (χ0n) is 13.5. The number of carbonyl (C=O) groups is 1. The average molecular weight is 309 g/mol. The van der Waals surface area contributed by atoms with Gasteiger partial charge in [0.05, 0.1) is 0 Å². The minimum absolute atomic E-state index is 0.0710. The van der Waals surface area contributed by atoms with Crippen LogP contribution in [0.1, 0.15) is 22.8 Å². The summed E-state index contributed by atoms with van der Waals surface area (Å²) in [4.78, 5) is 14.7. The largest absolute Gasteiger partial charge is 0.322 e. The lowest BCUT2D eigenvalue weighted by atomic mass is 10.1. The molecule has 1 saturated heterocycles. The third-order valence-electron chi connectivity index (χ3n) is 4.27. The summed E-state index contributed by atoms with van der Waals surface area (Å²) in [6, 6.07) is 18.0. The number of hydrogen-bond acceptors (Lipinski definition) is 3. The van der Waals surface area contributed by atoms with E-state index in [0.29, 0.717) is 11.6 Å². The fourth-order valence-electron chi connectivity index (χ4n) is 2.84. The molecule has 0 aromatic heterocycles. The predicted octanol–water partition coefficient (Wildman–Crippen LogP) is 2.73. The first-order valence-corrected chi connectivity index (χ1v) is 8.12. The number of hydrogen-bond donors (Lipinski definition) is 2. The molecule has 0 unspecified atom stereocenters. The van der Waals surface area contributed by atoms with E-state index in [9.17, 15) is 4.79 Å². The maximum Gasteiger partial charge on any atom is 0.255 e. The lowest BCUT2D eigenvalue weighted by Crippen LogP contribution is -2.49. The Labute approximate surface area is 137 Å². The van der Waals surface area contributed by atoms with Crippen molar-refractivity contribution in [2.45, 2.75) is 19.5 Å². The van der Waals surface area contributed by atoms with Crippen LogP contribution in [0.4, 0.5) is 5.69 Å². The number of piperazine rings is 1. The van der Waals surface area contributed by atoms with Crippen LogP contribution in [0, 0.1) is 0 Å². The van der Waals surface area contributed by atoms with Crippen molar-refractivity contribution < 1.29 is 4.79 Å². The molecular formula is C19H23N3O. The standard InChI is InChI=1S/C19H23N3O/c1-15-13-20-11-12-22(15)14-16-7-9-17(10-8-16)19(23)21-18-5-3-2-4-6-18/h2-10,15,20H,11-14H2,1H3,(H,21,23)/t15-/m0/s1. The van der Waals surface area contributed by atoms with E-state index in [1.807, 2.05) is 42.5 Å². The van der Waals surface area contributed by atoms with Gasteiger partial charge in [0.25, 0.3) is 5.91 Å². The summed E-state index contributed by atoms with van der Waals surface area (Å²) in [6.07, 6.45) is 0. The number of anilines is 1. The number of para-hydroxylation sites is 1. The molecule has 1 aliphatic heterocycles. The Morgan fingerprint density at radius 2 is 1.91 bits per heavy atom. The van der Waals surface area contributed by atoms with E-state index in [4.69, 9.17) is 0 Å². The van der Waals surface area contributed by atoms with Gasteiger partial charge in [0.15, 0.2) is 0 Å². The Balaban J connectivity index is 1.61. The number of amides is 1. The second-order valence-corrected chi connectivity index (χ2v) is 6.04. The van der Waals surface area contributed by atoms with Crippen molar-refractivity contribution in [1.29, 1.82) is 0 Å². The summed E-state index contributed by atoms with van der Waals surface area (Å²) in [5, 5.41) is 6.31. The lowest BCUT2D eigenvalue weighted by molar-refractivity contribution is 0.102. The number of carbonyl (C=O) groups excluding carboxylic acids is 1. The molecule has 23 heavy (non-hydrogen) atoms. The number of benzene rings is 2. The molecule has 1 atom stereocenters. The molecule has 2 N–H and O–H groups in total. The summed E-state index contributed by atoms with van der Waals surface area (Å²) in [5.41, 5.74) is 2.75. The van der Waals surface area contributed by atoms with Gasteiger partial charge in [-0.3, -0.25) is 9.69 Å². The van der Waals surface area contributed by atoms with Crippen LogP contribution < -0.4 is 10.6 Å². The molecule has 120 valence electrons. The van der Waals surface area contributed by atoms with Gasteiger partial charge in [-0.05, 0) is 36.8 Å². The molecule has 0 aliphatic carbocycles. The maximum absolute atomic E-state index is 12.2. The van der Waals surface area contributed by atoms with E-state index >= 15 is 0 Å². The van der Waals surface area contributed by atoms with Crippen molar-refractivity contribution in [2.24, 2.45) is 0 Å². The molecule has 1 aliphatic rings. The molecule has 4 nitrogen and oxygen atoms in total. The summed E-state index contributed by atoms with van der Waals surface area (Å²) in [7, 11) is 0. The smallest absolute Gasteiger partial charge is 0.255 e. The van der Waals surface area contributed by atoms with Gasteiger partial charge in [0.2, 0.25) is 0 Å². The fraction of sp³-hybridized carbons (Fsp3) is 0.316. The van der Waals surface area contributed by atoms with Crippen LogP contribution in [0.15, 0.2) is 54.6 Å². The van der Waals surface area contributed by atoms with Crippen molar-refractivity contribution in [3.63, 3.8) is 0 Å². The van der Waals surface area contributed by atoms with Gasteiger partial charge in [-0.1, -0.05) is 30.3 Å². The molecule has 1 fully saturated rings. The van der Waals surface area contributed by atoms with E-state index in [0.717, 1.165) is 31.9 Å². The quantitative estimate of drug-likeness (QED) is 0.913. The van der Waals surface area contributed by atoms with E-state index in [1.54, 1.807) is 0 Å². The second-order valence-electron chi connectivity index (χ2n) is 6.04. The van der Waals surface area contributed by atoms with Crippen LogP contribution in [0.3, 0.4) is 0 Å². The van der Waals surface area contributed by atoms with Crippen molar-refractivity contribution in [2.75, 3.05) is 25.0 Å². The first-order valence-electron chi connectivity index (χ1n) is 8.12. The molecule has 3 rings (SSSR count). The third kappa shape index (κ3) is 4.18. The van der Waals surface area contributed by atoms with Crippen molar-refractivity contribution in [3.05, 3.63) is 65.7 Å². The van der Waals surface area contributed by atoms with Crippen molar-refractivity contribution in [3.8, 4) is 0 Å². The van der Waals surface area contributed by atoms with Gasteiger partial charge in [0, 0.05) is 43.5 Å². The normalized spacial score (nSPS) is 18.6. The van der Waals surface area contributed by atoms with Gasteiger partial charge in [-0.15, -0.1) is 0 Å². The summed E-state index contributed by atoms with van der Waals surface area (Å²) in [6.45, 7) is 6.33. The van der Waals surface area contributed by atoms with Crippen LogP contribution in [0.5, 0.6) is 0 Å². The van der Waals surface area contributed by atoms with E-state index in [1.165, 1.54) is 5.56 Å². The van der Waals surface area contributed by atoms with Crippen LogP contribution in [0.2, 0.25) is 0 Å². The molecule has 2 aromatic carbocycles. The molecule has 1 amide bonds. The minimum Gasteiger partial charge on any atom is -0.322 e. The predicted molar refractivity (Wildman–Crippen MR) is 93.6 cm³/mol. The summed E-state index contributed by atoms with van der Waals surface area (Å²) >= 11 is 0. The minimum atomic E-state index is -0.0710. The third-order valence-corrected chi connectivity index (χ3v) is 4.27. The van der Waals surface area contributed by atoms with Crippen LogP contribution in [-0.4, -0.2) is 36.5 Å².